The minimum absolute atomic E-state index is 0.0909. The molecule has 0 spiro atoms. The standard InChI is InChI=1S/C43H69NO11/c1-10-31-20-25(2)19-26(3)21-36(52-8)39-37(53-9)23-29(6)43(50,55-39)40(47)41(48)44-18-12-11-13-32(44)42(49)54-38(27(4)14-16-33(31)45)28(5)22-30-15-17-34(46)35(24-30)51-7/h20,22,26-27,29-32,34-39,46,50H,10-19,21,23-24H2,1-9H3/b25-20+,28-22+/t26-,27+,29+,30?,31+,32-,34+,35+,36?,37-,38-,39+,43+/m0/s1. The van der Waals surface area contributed by atoms with Crippen molar-refractivity contribution in [1.82, 2.24) is 4.90 Å². The number of Topliss-reactive ketones (excluding diaryl/α,β-unsaturated/α-hetero) is 2. The minimum Gasteiger partial charge on any atom is -0.456 e. The molecule has 12 nitrogen and oxygen atoms in total. The molecule has 0 aromatic carbocycles. The molecule has 1 saturated carbocycles. The second-order valence-corrected chi connectivity index (χ2v) is 17.0. The normalized spacial score (nSPS) is 40.7. The summed E-state index contributed by atoms with van der Waals surface area (Å²) >= 11 is 0. The molecule has 2 unspecified atom stereocenters. The summed E-state index contributed by atoms with van der Waals surface area (Å²) in [7, 11) is 4.70. The predicted molar refractivity (Wildman–Crippen MR) is 207 cm³/mol. The van der Waals surface area contributed by atoms with Gasteiger partial charge in [0.15, 0.2) is 0 Å². The van der Waals surface area contributed by atoms with E-state index in [-0.39, 0.29) is 48.5 Å². The summed E-state index contributed by atoms with van der Waals surface area (Å²) in [4.78, 5) is 57.6. The molecule has 1 aliphatic carbocycles. The topological polar surface area (TPSA) is 158 Å². The van der Waals surface area contributed by atoms with Gasteiger partial charge in [-0.25, -0.2) is 4.79 Å². The lowest BCUT2D eigenvalue weighted by atomic mass is 9.82. The van der Waals surface area contributed by atoms with Crippen LogP contribution in [-0.2, 0) is 42.9 Å². The number of methoxy groups -OCH3 is 3. The van der Waals surface area contributed by atoms with E-state index in [0.717, 1.165) is 17.6 Å². The largest absolute Gasteiger partial charge is 0.456 e. The number of carbonyl (C=O) groups is 4. The molecule has 0 radical (unpaired) electrons. The molecule has 3 heterocycles. The monoisotopic (exact) mass is 775 g/mol. The number of allylic oxidation sites excluding steroid dienone is 3. The Morgan fingerprint density at radius 1 is 0.945 bits per heavy atom. The van der Waals surface area contributed by atoms with Crippen molar-refractivity contribution in [2.45, 2.75) is 167 Å². The molecule has 3 fully saturated rings. The van der Waals surface area contributed by atoms with Crippen molar-refractivity contribution in [3.8, 4) is 0 Å². The van der Waals surface area contributed by atoms with Gasteiger partial charge in [0.25, 0.3) is 11.7 Å². The highest BCUT2D eigenvalue weighted by Crippen LogP contribution is 2.39. The quantitative estimate of drug-likeness (QED) is 0.199. The zero-order valence-corrected chi connectivity index (χ0v) is 34.8. The Morgan fingerprint density at radius 3 is 2.27 bits per heavy atom. The van der Waals surface area contributed by atoms with Crippen LogP contribution >= 0.6 is 0 Å². The Morgan fingerprint density at radius 2 is 1.62 bits per heavy atom. The molecule has 3 aliphatic heterocycles. The van der Waals surface area contributed by atoms with Crippen molar-refractivity contribution < 1.29 is 53.1 Å². The van der Waals surface area contributed by atoms with Gasteiger partial charge < -0.3 is 38.8 Å². The van der Waals surface area contributed by atoms with Crippen molar-refractivity contribution in [1.29, 1.82) is 0 Å². The molecule has 55 heavy (non-hydrogen) atoms. The smallest absolute Gasteiger partial charge is 0.329 e. The number of piperidine rings is 1. The number of cyclic esters (lactones) is 1. The van der Waals surface area contributed by atoms with Crippen molar-refractivity contribution in [2.24, 2.45) is 29.6 Å². The number of esters is 1. The third-order valence-corrected chi connectivity index (χ3v) is 12.8. The number of hydrogen-bond donors (Lipinski definition) is 2. The average Bonchev–Trinajstić information content (AvgIpc) is 3.17. The van der Waals surface area contributed by atoms with E-state index in [1.807, 2.05) is 27.7 Å². The summed E-state index contributed by atoms with van der Waals surface area (Å²) in [6.07, 6.45) is 7.10. The fraction of sp³-hybridized carbons (Fsp3) is 0.814. The Hall–Kier alpha value is -2.48. The van der Waals surface area contributed by atoms with Crippen LogP contribution in [0.15, 0.2) is 23.3 Å². The number of aliphatic hydroxyl groups excluding tert-OH is 1. The Bertz CT molecular complexity index is 1400. The number of rotatable bonds is 6. The first-order valence-corrected chi connectivity index (χ1v) is 20.7. The number of fused-ring (bicyclic) bond motifs is 3. The maximum Gasteiger partial charge on any atom is 0.329 e. The highest BCUT2D eigenvalue weighted by molar-refractivity contribution is 6.39. The first-order chi connectivity index (χ1) is 26.1. The van der Waals surface area contributed by atoms with Crippen LogP contribution < -0.4 is 0 Å². The molecule has 2 N–H and O–H groups in total. The van der Waals surface area contributed by atoms with Crippen LogP contribution in [0.5, 0.6) is 0 Å². The zero-order valence-electron chi connectivity index (χ0n) is 34.8. The van der Waals surface area contributed by atoms with Crippen LogP contribution in [-0.4, -0.2) is 115 Å². The second kappa shape index (κ2) is 20.3. The van der Waals surface area contributed by atoms with Gasteiger partial charge in [0.1, 0.15) is 24.0 Å². The summed E-state index contributed by atoms with van der Waals surface area (Å²) in [6, 6.07) is -1.04. The van der Waals surface area contributed by atoms with Gasteiger partial charge in [-0.1, -0.05) is 45.4 Å². The molecule has 0 aromatic rings. The van der Waals surface area contributed by atoms with Gasteiger partial charge in [0.05, 0.1) is 24.4 Å². The van der Waals surface area contributed by atoms with E-state index >= 15 is 0 Å². The van der Waals surface area contributed by atoms with Crippen molar-refractivity contribution in [3.63, 3.8) is 0 Å². The fourth-order valence-electron chi connectivity index (χ4n) is 9.40. The van der Waals surface area contributed by atoms with E-state index < -0.39 is 65.9 Å². The average molecular weight is 776 g/mol. The molecular formula is C43H69NO11. The molecular weight excluding hydrogens is 706 g/mol. The van der Waals surface area contributed by atoms with Crippen LogP contribution in [0.1, 0.15) is 119 Å². The van der Waals surface area contributed by atoms with Crippen molar-refractivity contribution in [2.75, 3.05) is 27.9 Å². The van der Waals surface area contributed by atoms with E-state index in [0.29, 0.717) is 64.2 Å². The van der Waals surface area contributed by atoms with Crippen molar-refractivity contribution >= 4 is 23.4 Å². The first-order valence-electron chi connectivity index (χ1n) is 20.7. The van der Waals surface area contributed by atoms with E-state index in [9.17, 15) is 29.4 Å². The SMILES string of the molecule is CC[C@@H]1/C=C(\C)C[C@H](C)CC(OC)[C@H]2O[C@@](O)(C(=O)C(=O)N3CCCC[C@H]3C(=O)O[C@H](/C(C)=C/C3CC[C@@H](O)[C@H](OC)C3)[C@H](C)CCC1=O)[C@H](C)C[C@@H]2OC. The third kappa shape index (κ3) is 10.9. The van der Waals surface area contributed by atoms with Crippen LogP contribution in [0.2, 0.25) is 0 Å². The molecule has 2 saturated heterocycles. The molecule has 2 bridgehead atoms. The van der Waals surface area contributed by atoms with Crippen LogP contribution in [0.3, 0.4) is 0 Å². The van der Waals surface area contributed by atoms with Gasteiger partial charge in [0, 0.05) is 46.1 Å². The minimum atomic E-state index is -2.46. The summed E-state index contributed by atoms with van der Waals surface area (Å²) in [5, 5.41) is 22.4. The van der Waals surface area contributed by atoms with Gasteiger partial charge in [-0.15, -0.1) is 0 Å². The number of aliphatic hydroxyl groups is 2. The van der Waals surface area contributed by atoms with Gasteiger partial charge in [-0.2, -0.15) is 0 Å². The van der Waals surface area contributed by atoms with Gasteiger partial charge in [-0.3, -0.25) is 14.4 Å². The molecule has 4 rings (SSSR count). The molecule has 0 aromatic heterocycles. The lowest BCUT2D eigenvalue weighted by Crippen LogP contribution is -2.64. The summed E-state index contributed by atoms with van der Waals surface area (Å²) in [5.41, 5.74) is 1.91. The lowest BCUT2D eigenvalue weighted by molar-refractivity contribution is -0.302. The number of carbonyl (C=O) groups excluding carboxylic acids is 4. The fourth-order valence-corrected chi connectivity index (χ4v) is 9.40. The number of amides is 1. The Labute approximate surface area is 328 Å². The van der Waals surface area contributed by atoms with Crippen LogP contribution in [0, 0.1) is 29.6 Å². The van der Waals surface area contributed by atoms with E-state index in [1.165, 1.54) is 4.90 Å². The van der Waals surface area contributed by atoms with E-state index in [2.05, 4.69) is 19.1 Å². The highest BCUT2D eigenvalue weighted by atomic mass is 16.7. The number of nitrogens with zero attached hydrogens (tertiary/aromatic N) is 1. The Balaban J connectivity index is 1.73. The zero-order chi connectivity index (χ0) is 40.6. The highest BCUT2D eigenvalue weighted by Gasteiger charge is 2.56. The summed E-state index contributed by atoms with van der Waals surface area (Å²) in [5.74, 6) is -6.17. The first kappa shape index (κ1) is 45.2. The molecule has 12 heteroatoms. The summed E-state index contributed by atoms with van der Waals surface area (Å²) in [6.45, 7) is 11.8. The molecule has 312 valence electrons. The number of ether oxygens (including phenoxy) is 5. The van der Waals surface area contributed by atoms with E-state index in [4.69, 9.17) is 23.7 Å². The summed E-state index contributed by atoms with van der Waals surface area (Å²) < 4.78 is 29.9. The number of hydrogen-bond acceptors (Lipinski definition) is 11. The number of ketones is 2. The maximum atomic E-state index is 14.3. The van der Waals surface area contributed by atoms with Gasteiger partial charge >= 0.3 is 5.97 Å². The predicted octanol–water partition coefficient (Wildman–Crippen LogP) is 5.50. The lowest BCUT2D eigenvalue weighted by Gasteiger charge is -2.47. The van der Waals surface area contributed by atoms with Gasteiger partial charge in [-0.05, 0) is 108 Å². The van der Waals surface area contributed by atoms with E-state index in [1.54, 1.807) is 28.3 Å². The Kier molecular flexibility index (Phi) is 16.7. The van der Waals surface area contributed by atoms with Crippen LogP contribution in [0.4, 0.5) is 0 Å². The molecule has 13 atom stereocenters. The molecule has 4 aliphatic rings. The maximum absolute atomic E-state index is 14.3. The second-order valence-electron chi connectivity index (χ2n) is 17.0. The third-order valence-electron chi connectivity index (χ3n) is 12.8. The van der Waals surface area contributed by atoms with Crippen LogP contribution in [0.25, 0.3) is 0 Å². The van der Waals surface area contributed by atoms with Crippen molar-refractivity contribution in [3.05, 3.63) is 23.3 Å². The molecule has 1 amide bonds. The van der Waals surface area contributed by atoms with Gasteiger partial charge in [0.2, 0.25) is 5.79 Å².